The van der Waals surface area contributed by atoms with Gasteiger partial charge < -0.3 is 16.4 Å². The quantitative estimate of drug-likeness (QED) is 0.327. The van der Waals surface area contributed by atoms with E-state index in [9.17, 15) is 10.1 Å². The SMILES string of the molecule is CCc1cccc(CC)c1NC(=S)Nc1ccc(N)c([N+](=O)[O-])c1. The van der Waals surface area contributed by atoms with Crippen LogP contribution in [-0.2, 0) is 12.8 Å². The Bertz CT molecular complexity index is 755. The van der Waals surface area contributed by atoms with E-state index in [1.165, 1.54) is 23.3 Å². The van der Waals surface area contributed by atoms with Crippen LogP contribution in [0.2, 0.25) is 0 Å². The Kier molecular flexibility index (Phi) is 5.70. The summed E-state index contributed by atoms with van der Waals surface area (Å²) in [5.41, 5.74) is 9.42. The summed E-state index contributed by atoms with van der Waals surface area (Å²) in [7, 11) is 0. The lowest BCUT2D eigenvalue weighted by Crippen LogP contribution is -2.21. The topological polar surface area (TPSA) is 93.2 Å². The molecule has 7 heteroatoms. The summed E-state index contributed by atoms with van der Waals surface area (Å²) in [6.07, 6.45) is 1.76. The van der Waals surface area contributed by atoms with Crippen molar-refractivity contribution in [2.24, 2.45) is 0 Å². The van der Waals surface area contributed by atoms with Crippen LogP contribution in [-0.4, -0.2) is 10.0 Å². The molecule has 6 nitrogen and oxygen atoms in total. The Morgan fingerprint density at radius 3 is 2.33 bits per heavy atom. The van der Waals surface area contributed by atoms with Gasteiger partial charge >= 0.3 is 0 Å². The summed E-state index contributed by atoms with van der Waals surface area (Å²) < 4.78 is 0. The second kappa shape index (κ2) is 7.74. The number of nitrogens with zero attached hydrogens (tertiary/aromatic N) is 1. The Labute approximate surface area is 146 Å². The summed E-state index contributed by atoms with van der Waals surface area (Å²) in [5, 5.41) is 17.5. The number of aryl methyl sites for hydroxylation is 2. The number of nitro groups is 1. The maximum atomic E-state index is 11.0. The first-order valence-electron chi connectivity index (χ1n) is 7.68. The van der Waals surface area contributed by atoms with Crippen LogP contribution in [0.15, 0.2) is 36.4 Å². The molecule has 0 bridgehead atoms. The fraction of sp³-hybridized carbons (Fsp3) is 0.235. The number of hydrogen-bond acceptors (Lipinski definition) is 4. The maximum Gasteiger partial charge on any atom is 0.294 e. The summed E-state index contributed by atoms with van der Waals surface area (Å²) in [6.45, 7) is 4.17. The van der Waals surface area contributed by atoms with Crippen LogP contribution in [0.5, 0.6) is 0 Å². The molecule has 0 unspecified atom stereocenters. The van der Waals surface area contributed by atoms with Gasteiger partial charge in [-0.25, -0.2) is 0 Å². The number of rotatable bonds is 5. The molecular weight excluding hydrogens is 324 g/mol. The molecule has 4 N–H and O–H groups in total. The van der Waals surface area contributed by atoms with Crippen molar-refractivity contribution in [3.05, 3.63) is 57.6 Å². The third-order valence-electron chi connectivity index (χ3n) is 3.72. The maximum absolute atomic E-state index is 11.0. The van der Waals surface area contributed by atoms with E-state index in [0.717, 1.165) is 18.5 Å². The molecule has 2 rings (SSSR count). The molecule has 24 heavy (non-hydrogen) atoms. The van der Waals surface area contributed by atoms with Crippen LogP contribution in [0.1, 0.15) is 25.0 Å². The molecule has 2 aromatic rings. The highest BCUT2D eigenvalue weighted by Gasteiger charge is 2.13. The third-order valence-corrected chi connectivity index (χ3v) is 3.93. The standard InChI is InChI=1S/C17H20N4O2S/c1-3-11-6-5-7-12(4-2)16(11)20-17(24)19-13-8-9-14(18)15(10-13)21(22)23/h5-10H,3-4,18H2,1-2H3,(H2,19,20,24). The lowest BCUT2D eigenvalue weighted by molar-refractivity contribution is -0.383. The predicted octanol–water partition coefficient (Wildman–Crippen LogP) is 4.11. The number of nitro benzene ring substituents is 1. The van der Waals surface area contributed by atoms with Gasteiger partial charge in [0, 0.05) is 17.4 Å². The average molecular weight is 344 g/mol. The molecule has 0 heterocycles. The molecule has 0 saturated carbocycles. The van der Waals surface area contributed by atoms with Crippen molar-refractivity contribution in [2.45, 2.75) is 26.7 Å². The van der Waals surface area contributed by atoms with Gasteiger partial charge in [0.1, 0.15) is 5.69 Å². The number of benzene rings is 2. The summed E-state index contributed by atoms with van der Waals surface area (Å²) >= 11 is 5.35. The minimum Gasteiger partial charge on any atom is -0.393 e. The molecule has 0 aliphatic carbocycles. The highest BCUT2D eigenvalue weighted by atomic mass is 32.1. The minimum absolute atomic E-state index is 0.119. The van der Waals surface area contributed by atoms with E-state index in [0.29, 0.717) is 10.8 Å². The number of para-hydroxylation sites is 1. The van der Waals surface area contributed by atoms with Crippen molar-refractivity contribution < 1.29 is 4.92 Å². The van der Waals surface area contributed by atoms with Gasteiger partial charge in [0.15, 0.2) is 5.11 Å². The van der Waals surface area contributed by atoms with Crippen molar-refractivity contribution >= 4 is 40.1 Å². The lowest BCUT2D eigenvalue weighted by atomic mass is 10.0. The van der Waals surface area contributed by atoms with Gasteiger partial charge in [-0.05, 0) is 48.3 Å². The van der Waals surface area contributed by atoms with Crippen molar-refractivity contribution in [1.82, 2.24) is 0 Å². The van der Waals surface area contributed by atoms with Gasteiger partial charge in [-0.1, -0.05) is 32.0 Å². The van der Waals surface area contributed by atoms with Gasteiger partial charge in [0.05, 0.1) is 4.92 Å². The molecule has 2 aromatic carbocycles. The van der Waals surface area contributed by atoms with Crippen molar-refractivity contribution in [3.8, 4) is 0 Å². The van der Waals surface area contributed by atoms with E-state index in [1.54, 1.807) is 6.07 Å². The van der Waals surface area contributed by atoms with Crippen molar-refractivity contribution in [2.75, 3.05) is 16.4 Å². The lowest BCUT2D eigenvalue weighted by Gasteiger charge is -2.17. The molecule has 0 aromatic heterocycles. The van der Waals surface area contributed by atoms with E-state index in [2.05, 4.69) is 36.6 Å². The molecule has 126 valence electrons. The normalized spacial score (nSPS) is 10.2. The molecule has 0 saturated heterocycles. The fourth-order valence-electron chi connectivity index (χ4n) is 2.46. The first-order chi connectivity index (χ1) is 11.5. The molecule has 0 fully saturated rings. The summed E-state index contributed by atoms with van der Waals surface area (Å²) in [5.74, 6) is 0. The second-order valence-electron chi connectivity index (χ2n) is 5.27. The molecule has 0 atom stereocenters. The molecule has 0 aliphatic heterocycles. The van der Waals surface area contributed by atoms with Gasteiger partial charge in [0.2, 0.25) is 0 Å². The number of thiocarbonyl (C=S) groups is 1. The Morgan fingerprint density at radius 1 is 1.17 bits per heavy atom. The fourth-order valence-corrected chi connectivity index (χ4v) is 2.68. The van der Waals surface area contributed by atoms with E-state index in [1.807, 2.05) is 6.07 Å². The van der Waals surface area contributed by atoms with Crippen LogP contribution in [0.3, 0.4) is 0 Å². The highest BCUT2D eigenvalue weighted by Crippen LogP contribution is 2.26. The number of hydrogen-bond donors (Lipinski definition) is 3. The van der Waals surface area contributed by atoms with Crippen LogP contribution < -0.4 is 16.4 Å². The van der Waals surface area contributed by atoms with Crippen LogP contribution in [0.25, 0.3) is 0 Å². The van der Waals surface area contributed by atoms with Gasteiger partial charge in [-0.3, -0.25) is 10.1 Å². The third kappa shape index (κ3) is 3.99. The zero-order valence-electron chi connectivity index (χ0n) is 13.6. The van der Waals surface area contributed by atoms with E-state index in [-0.39, 0.29) is 11.4 Å². The van der Waals surface area contributed by atoms with Crippen LogP contribution >= 0.6 is 12.2 Å². The van der Waals surface area contributed by atoms with Gasteiger partial charge in [-0.15, -0.1) is 0 Å². The second-order valence-corrected chi connectivity index (χ2v) is 5.68. The molecule has 0 radical (unpaired) electrons. The van der Waals surface area contributed by atoms with Gasteiger partial charge in [-0.2, -0.15) is 0 Å². The Morgan fingerprint density at radius 2 is 1.79 bits per heavy atom. The molecular formula is C17H20N4O2S. The van der Waals surface area contributed by atoms with Gasteiger partial charge in [0.25, 0.3) is 5.69 Å². The zero-order valence-corrected chi connectivity index (χ0v) is 14.4. The smallest absolute Gasteiger partial charge is 0.294 e. The minimum atomic E-state index is -0.515. The van der Waals surface area contributed by atoms with Crippen molar-refractivity contribution in [3.63, 3.8) is 0 Å². The molecule has 0 amide bonds. The Hall–Kier alpha value is -2.67. The van der Waals surface area contributed by atoms with E-state index < -0.39 is 4.92 Å². The average Bonchev–Trinajstić information content (AvgIpc) is 2.56. The van der Waals surface area contributed by atoms with Crippen molar-refractivity contribution in [1.29, 1.82) is 0 Å². The van der Waals surface area contributed by atoms with Crippen LogP contribution in [0.4, 0.5) is 22.7 Å². The first kappa shape index (κ1) is 17.7. The highest BCUT2D eigenvalue weighted by molar-refractivity contribution is 7.80. The monoisotopic (exact) mass is 344 g/mol. The van der Waals surface area contributed by atoms with E-state index >= 15 is 0 Å². The zero-order chi connectivity index (χ0) is 17.7. The predicted molar refractivity (Wildman–Crippen MR) is 103 cm³/mol. The van der Waals surface area contributed by atoms with Crippen LogP contribution in [0, 0.1) is 10.1 Å². The molecule has 0 spiro atoms. The largest absolute Gasteiger partial charge is 0.393 e. The summed E-state index contributed by atoms with van der Waals surface area (Å²) in [6, 6.07) is 10.7. The first-order valence-corrected chi connectivity index (χ1v) is 8.09. The number of nitrogen functional groups attached to an aromatic ring is 1. The summed E-state index contributed by atoms with van der Waals surface area (Å²) in [4.78, 5) is 10.5. The number of nitrogens with one attached hydrogen (secondary N) is 2. The number of anilines is 3. The Balaban J connectivity index is 2.20. The van der Waals surface area contributed by atoms with E-state index in [4.69, 9.17) is 18.0 Å². The number of nitrogens with two attached hydrogens (primary N) is 1. The molecule has 0 aliphatic rings.